The Bertz CT molecular complexity index is 2740. The van der Waals surface area contributed by atoms with E-state index < -0.39 is 0 Å². The Labute approximate surface area is 297 Å². The Morgan fingerprint density at radius 3 is 1.63 bits per heavy atom. The van der Waals surface area contributed by atoms with E-state index in [0.29, 0.717) is 5.71 Å². The van der Waals surface area contributed by atoms with Crippen LogP contribution in [-0.4, -0.2) is 5.71 Å². The van der Waals surface area contributed by atoms with Crippen LogP contribution >= 0.6 is 0 Å². The molecule has 0 bridgehead atoms. The average Bonchev–Trinajstić information content (AvgIpc) is 3.56. The van der Waals surface area contributed by atoms with Gasteiger partial charge in [-0.05, 0) is 103 Å². The molecule has 240 valence electrons. The van der Waals surface area contributed by atoms with Crippen LogP contribution in [0.1, 0.15) is 16.7 Å². The average molecular weight is 652 g/mol. The number of furan rings is 1. The van der Waals surface area contributed by atoms with E-state index in [1.54, 1.807) is 0 Å². The molecule has 0 spiro atoms. The van der Waals surface area contributed by atoms with Gasteiger partial charge in [-0.2, -0.15) is 0 Å². The summed E-state index contributed by atoms with van der Waals surface area (Å²) in [4.78, 5) is 0. The highest BCUT2D eigenvalue weighted by molar-refractivity contribution is 6.13. The minimum Gasteiger partial charge on any atom is -0.456 e. The first-order chi connectivity index (χ1) is 25.2. The van der Waals surface area contributed by atoms with Crippen molar-refractivity contribution in [2.75, 3.05) is 0 Å². The van der Waals surface area contributed by atoms with E-state index in [0.717, 1.165) is 66.5 Å². The van der Waals surface area contributed by atoms with Crippen LogP contribution in [0.5, 0.6) is 0 Å². The molecule has 1 heterocycles. The van der Waals surface area contributed by atoms with Crippen molar-refractivity contribution >= 4 is 44.0 Å². The lowest BCUT2D eigenvalue weighted by Crippen LogP contribution is -1.99. The number of benzene rings is 8. The van der Waals surface area contributed by atoms with Gasteiger partial charge in [-0.25, -0.2) is 0 Å². The summed E-state index contributed by atoms with van der Waals surface area (Å²) < 4.78 is 6.37. The molecule has 0 aliphatic rings. The molecule has 0 aliphatic heterocycles. The molecule has 1 aromatic heterocycles. The Morgan fingerprint density at radius 2 is 0.882 bits per heavy atom. The van der Waals surface area contributed by atoms with Crippen LogP contribution in [0.3, 0.4) is 0 Å². The zero-order chi connectivity index (χ0) is 34.1. The topological polar surface area (TPSA) is 37.0 Å². The van der Waals surface area contributed by atoms with Gasteiger partial charge in [0, 0.05) is 16.3 Å². The fraction of sp³-hybridized carbons (Fsp3) is 0. The zero-order valence-corrected chi connectivity index (χ0v) is 27.9. The van der Waals surface area contributed by atoms with Gasteiger partial charge in [0.1, 0.15) is 11.2 Å². The SMILES string of the molecule is N=C(/C=C(\c1ccccc1)c1ccc(-c2ccccc2)cc1)c1cccc(-c2cccc(-c3ccc4c(c3)oc3cc5ccccc5cc34)c2)c1. The maximum absolute atomic E-state index is 9.25. The van der Waals surface area contributed by atoms with E-state index >= 15 is 0 Å². The van der Waals surface area contributed by atoms with Gasteiger partial charge in [-0.1, -0.05) is 152 Å². The predicted octanol–water partition coefficient (Wildman–Crippen LogP) is 13.2. The molecule has 9 aromatic rings. The van der Waals surface area contributed by atoms with Gasteiger partial charge >= 0.3 is 0 Å². The highest BCUT2D eigenvalue weighted by Crippen LogP contribution is 2.36. The molecule has 0 unspecified atom stereocenters. The maximum Gasteiger partial charge on any atom is 0.136 e. The van der Waals surface area contributed by atoms with Crippen molar-refractivity contribution in [2.45, 2.75) is 0 Å². The Hall–Kier alpha value is -6.77. The summed E-state index contributed by atoms with van der Waals surface area (Å²) in [6.07, 6.45) is 1.99. The first kappa shape index (κ1) is 30.3. The van der Waals surface area contributed by atoms with Gasteiger partial charge in [0.15, 0.2) is 0 Å². The van der Waals surface area contributed by atoms with Gasteiger partial charge in [0.05, 0.1) is 5.71 Å². The highest BCUT2D eigenvalue weighted by atomic mass is 16.3. The first-order valence-corrected chi connectivity index (χ1v) is 17.2. The van der Waals surface area contributed by atoms with Gasteiger partial charge in [0.2, 0.25) is 0 Å². The van der Waals surface area contributed by atoms with E-state index in [1.807, 2.05) is 42.5 Å². The molecule has 2 nitrogen and oxygen atoms in total. The zero-order valence-electron chi connectivity index (χ0n) is 27.9. The van der Waals surface area contributed by atoms with Crippen molar-refractivity contribution in [1.82, 2.24) is 0 Å². The Morgan fingerprint density at radius 1 is 0.373 bits per heavy atom. The lowest BCUT2D eigenvalue weighted by Gasteiger charge is -2.12. The third-order valence-corrected chi connectivity index (χ3v) is 9.72. The molecule has 0 amide bonds. The first-order valence-electron chi connectivity index (χ1n) is 17.2. The Balaban J connectivity index is 1.03. The normalized spacial score (nSPS) is 11.7. The molecule has 2 heteroatoms. The molecule has 8 aromatic carbocycles. The van der Waals surface area contributed by atoms with E-state index in [-0.39, 0.29) is 0 Å². The van der Waals surface area contributed by atoms with Crippen LogP contribution < -0.4 is 0 Å². The van der Waals surface area contributed by atoms with Crippen LogP contribution in [0.2, 0.25) is 0 Å². The van der Waals surface area contributed by atoms with E-state index in [4.69, 9.17) is 4.42 Å². The van der Waals surface area contributed by atoms with Crippen LogP contribution in [0.25, 0.3) is 71.7 Å². The molecule has 0 aliphatic carbocycles. The quantitative estimate of drug-likeness (QED) is 0.171. The molecular weight excluding hydrogens is 619 g/mol. The minimum absolute atomic E-state index is 0.460. The van der Waals surface area contributed by atoms with Crippen molar-refractivity contribution < 1.29 is 4.42 Å². The fourth-order valence-electron chi connectivity index (χ4n) is 7.04. The van der Waals surface area contributed by atoms with Crippen LogP contribution in [0, 0.1) is 5.41 Å². The lowest BCUT2D eigenvalue weighted by atomic mass is 9.92. The van der Waals surface area contributed by atoms with E-state index in [1.165, 1.54) is 21.9 Å². The third-order valence-electron chi connectivity index (χ3n) is 9.72. The van der Waals surface area contributed by atoms with Crippen molar-refractivity contribution in [3.63, 3.8) is 0 Å². The standard InChI is InChI=1S/C49H33NO/c50-47(32-45(35-13-5-2-6-14-35)36-23-21-34(22-24-36)33-11-3-1-4-12-33)43-20-10-19-39(28-43)37-17-9-18-38(27-37)42-25-26-44-46-29-40-15-7-8-16-41(40)30-49(46)51-48(44)31-42/h1-32,50H/b45-32+,50-47?. The molecule has 9 rings (SSSR count). The number of fused-ring (bicyclic) bond motifs is 4. The summed E-state index contributed by atoms with van der Waals surface area (Å²) in [7, 11) is 0. The molecule has 51 heavy (non-hydrogen) atoms. The second kappa shape index (κ2) is 12.9. The molecule has 0 fully saturated rings. The molecule has 0 atom stereocenters. The highest BCUT2D eigenvalue weighted by Gasteiger charge is 2.12. The van der Waals surface area contributed by atoms with E-state index in [2.05, 4.69) is 152 Å². The summed E-state index contributed by atoms with van der Waals surface area (Å²) in [5, 5.41) is 13.9. The summed E-state index contributed by atoms with van der Waals surface area (Å²) in [6.45, 7) is 0. The van der Waals surface area contributed by atoms with Crippen molar-refractivity contribution in [2.24, 2.45) is 0 Å². The number of allylic oxidation sites excluding steroid dienone is 1. The minimum atomic E-state index is 0.460. The number of hydrogen-bond acceptors (Lipinski definition) is 2. The van der Waals surface area contributed by atoms with Crippen molar-refractivity contribution in [1.29, 1.82) is 5.41 Å². The molecule has 0 radical (unpaired) electrons. The van der Waals surface area contributed by atoms with Gasteiger partial charge in [-0.3, -0.25) is 0 Å². The van der Waals surface area contributed by atoms with Crippen molar-refractivity contribution in [3.05, 3.63) is 211 Å². The summed E-state index contributed by atoms with van der Waals surface area (Å²) >= 11 is 0. The number of nitrogens with one attached hydrogen (secondary N) is 1. The molecule has 1 N–H and O–H groups in total. The molecular formula is C49H33NO. The second-order valence-corrected chi connectivity index (χ2v) is 13.0. The summed E-state index contributed by atoms with van der Waals surface area (Å²) in [5.41, 5.74) is 13.0. The molecule has 0 saturated carbocycles. The van der Waals surface area contributed by atoms with Crippen LogP contribution in [-0.2, 0) is 0 Å². The van der Waals surface area contributed by atoms with Gasteiger partial charge in [-0.15, -0.1) is 0 Å². The smallest absolute Gasteiger partial charge is 0.136 e. The maximum atomic E-state index is 9.25. The monoisotopic (exact) mass is 651 g/mol. The largest absolute Gasteiger partial charge is 0.456 e. The van der Waals surface area contributed by atoms with Gasteiger partial charge in [0.25, 0.3) is 0 Å². The predicted molar refractivity (Wildman–Crippen MR) is 214 cm³/mol. The lowest BCUT2D eigenvalue weighted by molar-refractivity contribution is 0.669. The van der Waals surface area contributed by atoms with Crippen LogP contribution in [0.4, 0.5) is 0 Å². The van der Waals surface area contributed by atoms with Crippen LogP contribution in [0.15, 0.2) is 199 Å². The summed E-state index contributed by atoms with van der Waals surface area (Å²) in [6, 6.07) is 65.5. The third kappa shape index (κ3) is 5.94. The number of hydrogen-bond donors (Lipinski definition) is 1. The second-order valence-electron chi connectivity index (χ2n) is 13.0. The fourth-order valence-corrected chi connectivity index (χ4v) is 7.04. The van der Waals surface area contributed by atoms with E-state index in [9.17, 15) is 5.41 Å². The van der Waals surface area contributed by atoms with Gasteiger partial charge < -0.3 is 9.83 Å². The number of rotatable bonds is 7. The summed E-state index contributed by atoms with van der Waals surface area (Å²) in [5.74, 6) is 0. The Kier molecular flexibility index (Phi) is 7.68. The van der Waals surface area contributed by atoms with Crippen molar-refractivity contribution in [3.8, 4) is 33.4 Å². The molecule has 0 saturated heterocycles.